The second-order valence-electron chi connectivity index (χ2n) is 5.46. The van der Waals surface area contributed by atoms with Gasteiger partial charge in [-0.2, -0.15) is 0 Å². The number of hydrogen-bond donors (Lipinski definition) is 2. The quantitative estimate of drug-likeness (QED) is 0.776. The van der Waals surface area contributed by atoms with Crippen LogP contribution in [0.5, 0.6) is 0 Å². The van der Waals surface area contributed by atoms with E-state index in [-0.39, 0.29) is 18.2 Å². The van der Waals surface area contributed by atoms with Gasteiger partial charge >= 0.3 is 12.0 Å². The number of nitrogens with one attached hydrogen (secondary N) is 1. The molecular formula is C13H22N2O5. The monoisotopic (exact) mass is 286 g/mol. The zero-order valence-electron chi connectivity index (χ0n) is 11.9. The Morgan fingerprint density at radius 2 is 2.25 bits per heavy atom. The van der Waals surface area contributed by atoms with Crippen LogP contribution in [-0.2, 0) is 14.3 Å². The lowest BCUT2D eigenvalue weighted by Gasteiger charge is -2.26. The maximum atomic E-state index is 12.2. The Labute approximate surface area is 118 Å². The van der Waals surface area contributed by atoms with Gasteiger partial charge < -0.3 is 24.8 Å². The molecule has 2 heterocycles. The van der Waals surface area contributed by atoms with Gasteiger partial charge in [0.2, 0.25) is 0 Å². The first-order chi connectivity index (χ1) is 9.52. The number of methoxy groups -OCH3 is 1. The molecule has 0 aromatic heterocycles. The lowest BCUT2D eigenvalue weighted by Crippen LogP contribution is -2.50. The summed E-state index contributed by atoms with van der Waals surface area (Å²) in [4.78, 5) is 24.8. The molecule has 2 aliphatic heterocycles. The number of likely N-dealkylation sites (tertiary alicyclic amines) is 1. The van der Waals surface area contributed by atoms with Gasteiger partial charge in [0.1, 0.15) is 6.04 Å². The van der Waals surface area contributed by atoms with Gasteiger partial charge in [-0.3, -0.25) is 0 Å². The highest BCUT2D eigenvalue weighted by molar-refractivity contribution is 5.83. The maximum absolute atomic E-state index is 12.2. The fraction of sp³-hybridized carbons (Fsp3) is 0.846. The molecule has 2 aliphatic rings. The van der Waals surface area contributed by atoms with Crippen LogP contribution in [0.2, 0.25) is 0 Å². The van der Waals surface area contributed by atoms with Crippen LogP contribution in [0.15, 0.2) is 0 Å². The van der Waals surface area contributed by atoms with Gasteiger partial charge in [-0.15, -0.1) is 0 Å². The van der Waals surface area contributed by atoms with Crippen molar-refractivity contribution in [2.24, 2.45) is 5.92 Å². The first-order valence-corrected chi connectivity index (χ1v) is 6.93. The Morgan fingerprint density at radius 3 is 2.80 bits per heavy atom. The number of carbonyl (C=O) groups excluding carboxylic acids is 1. The fourth-order valence-corrected chi connectivity index (χ4v) is 2.77. The molecule has 7 heteroatoms. The lowest BCUT2D eigenvalue weighted by molar-refractivity contribution is -0.141. The van der Waals surface area contributed by atoms with E-state index in [1.54, 1.807) is 0 Å². The van der Waals surface area contributed by atoms with Crippen molar-refractivity contribution in [3.63, 3.8) is 0 Å². The summed E-state index contributed by atoms with van der Waals surface area (Å²) in [6.07, 6.45) is 1.04. The molecule has 114 valence electrons. The number of carboxylic acid groups (broad SMARTS) is 1. The van der Waals surface area contributed by atoms with E-state index in [4.69, 9.17) is 9.47 Å². The minimum atomic E-state index is -0.989. The van der Waals surface area contributed by atoms with Crippen LogP contribution >= 0.6 is 0 Å². The number of hydrogen-bond acceptors (Lipinski definition) is 4. The molecule has 2 rings (SSSR count). The van der Waals surface area contributed by atoms with Crippen LogP contribution in [-0.4, -0.2) is 67.1 Å². The van der Waals surface area contributed by atoms with E-state index in [1.807, 2.05) is 6.92 Å². The molecule has 7 nitrogen and oxygen atoms in total. The molecule has 2 amide bonds. The number of aliphatic carboxylic acids is 1. The summed E-state index contributed by atoms with van der Waals surface area (Å²) in [5, 5.41) is 12.1. The molecule has 2 N–H and O–H groups in total. The van der Waals surface area contributed by atoms with E-state index in [2.05, 4.69) is 5.32 Å². The number of nitrogens with zero attached hydrogens (tertiary/aromatic N) is 1. The van der Waals surface area contributed by atoms with Crippen molar-refractivity contribution in [3.8, 4) is 0 Å². The van der Waals surface area contributed by atoms with Gasteiger partial charge in [-0.25, -0.2) is 9.59 Å². The molecule has 2 fully saturated rings. The van der Waals surface area contributed by atoms with Crippen LogP contribution in [0.25, 0.3) is 0 Å². The lowest BCUT2D eigenvalue weighted by atomic mass is 10.0. The number of rotatable bonds is 4. The third-order valence-corrected chi connectivity index (χ3v) is 4.17. The third kappa shape index (κ3) is 3.21. The van der Waals surface area contributed by atoms with Gasteiger partial charge in [0, 0.05) is 38.6 Å². The first-order valence-electron chi connectivity index (χ1n) is 6.93. The van der Waals surface area contributed by atoms with Crippen molar-refractivity contribution in [2.75, 3.05) is 26.9 Å². The van der Waals surface area contributed by atoms with E-state index in [1.165, 1.54) is 12.0 Å². The standard InChI is InChI=1S/C13H22N2O5/c1-8(9-3-4-20-7-9)14-13(18)15-6-10(19-2)5-11(15)12(16)17/h8-11H,3-7H2,1-2H3,(H,14,18)(H,16,17). The summed E-state index contributed by atoms with van der Waals surface area (Å²) in [6.45, 7) is 3.60. The number of carboxylic acids is 1. The van der Waals surface area contributed by atoms with E-state index in [0.29, 0.717) is 25.5 Å². The van der Waals surface area contributed by atoms with Gasteiger partial charge in [-0.1, -0.05) is 0 Å². The molecule has 0 aliphatic carbocycles. The smallest absolute Gasteiger partial charge is 0.326 e. The SMILES string of the molecule is COC1CC(C(=O)O)N(C(=O)NC(C)C2CCOC2)C1. The molecular weight excluding hydrogens is 264 g/mol. The molecule has 0 aromatic carbocycles. The fourth-order valence-electron chi connectivity index (χ4n) is 2.77. The van der Waals surface area contributed by atoms with Crippen molar-refractivity contribution in [3.05, 3.63) is 0 Å². The second kappa shape index (κ2) is 6.41. The molecule has 4 unspecified atom stereocenters. The topological polar surface area (TPSA) is 88.1 Å². The Kier molecular flexibility index (Phi) is 4.82. The van der Waals surface area contributed by atoms with Gasteiger partial charge in [0.25, 0.3) is 0 Å². The molecule has 2 saturated heterocycles. The van der Waals surface area contributed by atoms with Crippen LogP contribution in [0.3, 0.4) is 0 Å². The Hall–Kier alpha value is -1.34. The molecule has 4 atom stereocenters. The van der Waals surface area contributed by atoms with Crippen LogP contribution < -0.4 is 5.32 Å². The number of amides is 2. The van der Waals surface area contributed by atoms with Crippen molar-refractivity contribution in [1.82, 2.24) is 10.2 Å². The number of urea groups is 1. The minimum absolute atomic E-state index is 0.0268. The Balaban J connectivity index is 1.94. The Bertz CT molecular complexity index is 370. The van der Waals surface area contributed by atoms with Crippen molar-refractivity contribution < 1.29 is 24.2 Å². The highest BCUT2D eigenvalue weighted by Crippen LogP contribution is 2.22. The maximum Gasteiger partial charge on any atom is 0.326 e. The molecule has 0 spiro atoms. The van der Waals surface area contributed by atoms with E-state index in [0.717, 1.165) is 13.0 Å². The molecule has 20 heavy (non-hydrogen) atoms. The van der Waals surface area contributed by atoms with Crippen LogP contribution in [0.4, 0.5) is 4.79 Å². The second-order valence-corrected chi connectivity index (χ2v) is 5.46. The number of carbonyl (C=O) groups is 2. The van der Waals surface area contributed by atoms with Gasteiger partial charge in [0.05, 0.1) is 12.7 Å². The number of ether oxygens (including phenoxy) is 2. The summed E-state index contributed by atoms with van der Waals surface area (Å²) in [6, 6.07) is -1.18. The molecule has 0 saturated carbocycles. The molecule has 0 aromatic rings. The van der Waals surface area contributed by atoms with E-state index < -0.39 is 12.0 Å². The highest BCUT2D eigenvalue weighted by Gasteiger charge is 2.40. The van der Waals surface area contributed by atoms with Crippen LogP contribution in [0, 0.1) is 5.92 Å². The summed E-state index contributed by atoms with van der Waals surface area (Å²) >= 11 is 0. The summed E-state index contributed by atoms with van der Waals surface area (Å²) in [5.41, 5.74) is 0. The largest absolute Gasteiger partial charge is 0.480 e. The van der Waals surface area contributed by atoms with E-state index in [9.17, 15) is 14.7 Å². The highest BCUT2D eigenvalue weighted by atomic mass is 16.5. The summed E-state index contributed by atoms with van der Waals surface area (Å²) in [5.74, 6) is -0.695. The van der Waals surface area contributed by atoms with Crippen molar-refractivity contribution >= 4 is 12.0 Å². The molecule has 0 radical (unpaired) electrons. The zero-order valence-corrected chi connectivity index (χ0v) is 11.9. The third-order valence-electron chi connectivity index (χ3n) is 4.17. The van der Waals surface area contributed by atoms with Crippen molar-refractivity contribution in [2.45, 2.75) is 38.0 Å². The average Bonchev–Trinajstić information content (AvgIpc) is 3.07. The average molecular weight is 286 g/mol. The molecule has 0 bridgehead atoms. The summed E-state index contributed by atoms with van der Waals surface area (Å²) < 4.78 is 10.5. The van der Waals surface area contributed by atoms with E-state index >= 15 is 0 Å². The zero-order chi connectivity index (χ0) is 14.7. The summed E-state index contributed by atoms with van der Waals surface area (Å²) in [7, 11) is 1.53. The minimum Gasteiger partial charge on any atom is -0.480 e. The first kappa shape index (κ1) is 15.1. The normalized spacial score (nSPS) is 31.3. The predicted octanol–water partition coefficient (Wildman–Crippen LogP) is 0.295. The van der Waals surface area contributed by atoms with Gasteiger partial charge in [-0.05, 0) is 13.3 Å². The van der Waals surface area contributed by atoms with Crippen LogP contribution in [0.1, 0.15) is 19.8 Å². The predicted molar refractivity (Wildman–Crippen MR) is 70.5 cm³/mol. The van der Waals surface area contributed by atoms with Gasteiger partial charge in [0.15, 0.2) is 0 Å². The Morgan fingerprint density at radius 1 is 1.50 bits per heavy atom. The van der Waals surface area contributed by atoms with Crippen molar-refractivity contribution in [1.29, 1.82) is 0 Å².